The predicted molar refractivity (Wildman–Crippen MR) is 95.5 cm³/mol. The molecule has 2 heterocycles. The molecule has 5 nitrogen and oxygen atoms in total. The lowest BCUT2D eigenvalue weighted by molar-refractivity contribution is -0.143. The maximum absolute atomic E-state index is 12.8. The van der Waals surface area contributed by atoms with E-state index in [1.807, 2.05) is 0 Å². The van der Waals surface area contributed by atoms with E-state index in [-0.39, 0.29) is 17.5 Å². The number of hydrogen-bond donors (Lipinski definition) is 0. The largest absolute Gasteiger partial charge is 0.465 e. The van der Waals surface area contributed by atoms with Crippen LogP contribution in [0, 0.1) is 11.3 Å². The molecule has 0 N–H and O–H groups in total. The van der Waals surface area contributed by atoms with Gasteiger partial charge in [-0.15, -0.1) is 11.3 Å². The Hall–Kier alpha value is -1.69. The molecule has 0 aliphatic heterocycles. The van der Waals surface area contributed by atoms with Crippen molar-refractivity contribution in [2.24, 2.45) is 11.3 Å². The van der Waals surface area contributed by atoms with Crippen LogP contribution in [0.5, 0.6) is 0 Å². The molecule has 130 valence electrons. The van der Waals surface area contributed by atoms with Crippen molar-refractivity contribution in [3.8, 4) is 0 Å². The first kappa shape index (κ1) is 17.1. The van der Waals surface area contributed by atoms with Crippen molar-refractivity contribution in [2.45, 2.75) is 53.5 Å². The summed E-state index contributed by atoms with van der Waals surface area (Å²) < 4.78 is 6.30. The van der Waals surface area contributed by atoms with E-state index in [2.05, 4.69) is 25.8 Å². The summed E-state index contributed by atoms with van der Waals surface area (Å²) in [5, 5.41) is 0.703. The molecule has 24 heavy (non-hydrogen) atoms. The number of hydrogen-bond acceptors (Lipinski definition) is 5. The predicted octanol–water partition coefficient (Wildman–Crippen LogP) is 3.17. The zero-order valence-corrected chi connectivity index (χ0v) is 15.5. The van der Waals surface area contributed by atoms with Crippen LogP contribution in [-0.2, 0) is 28.9 Å². The van der Waals surface area contributed by atoms with Gasteiger partial charge in [-0.1, -0.05) is 20.8 Å². The van der Waals surface area contributed by atoms with Crippen molar-refractivity contribution in [3.63, 3.8) is 0 Å². The second-order valence-corrected chi connectivity index (χ2v) is 8.56. The molecule has 0 saturated carbocycles. The molecule has 1 aliphatic carbocycles. The molecule has 0 saturated heterocycles. The number of aromatic nitrogens is 2. The van der Waals surface area contributed by atoms with Gasteiger partial charge in [0.25, 0.3) is 5.56 Å². The molecular formula is C18H24N2O3S. The number of rotatable bonds is 3. The van der Waals surface area contributed by atoms with Crippen LogP contribution in [-0.4, -0.2) is 22.1 Å². The van der Waals surface area contributed by atoms with Crippen LogP contribution in [0.1, 0.15) is 44.6 Å². The minimum absolute atomic E-state index is 0.0785. The third-order valence-corrected chi connectivity index (χ3v) is 6.03. The lowest BCUT2D eigenvalue weighted by Gasteiger charge is -2.33. The van der Waals surface area contributed by atoms with Gasteiger partial charge in [-0.3, -0.25) is 14.2 Å². The van der Waals surface area contributed by atoms with Crippen LogP contribution >= 0.6 is 11.3 Å². The summed E-state index contributed by atoms with van der Waals surface area (Å²) in [6, 6.07) is 0. The standard InChI is InChI=1S/C18H24N2O3S/c1-5-23-14(21)9-20-10-19-16-15(17(20)22)12-7-6-11(18(2,3)4)8-13(12)24-16/h10-11H,5-9H2,1-4H3/t11-/m0/s1. The third kappa shape index (κ3) is 3.11. The van der Waals surface area contributed by atoms with E-state index >= 15 is 0 Å². The lowest BCUT2D eigenvalue weighted by atomic mass is 9.72. The van der Waals surface area contributed by atoms with Crippen LogP contribution in [0.15, 0.2) is 11.1 Å². The quantitative estimate of drug-likeness (QED) is 0.799. The van der Waals surface area contributed by atoms with E-state index in [9.17, 15) is 9.59 Å². The Balaban J connectivity index is 1.99. The van der Waals surface area contributed by atoms with Gasteiger partial charge >= 0.3 is 5.97 Å². The fourth-order valence-corrected chi connectivity index (χ4v) is 4.66. The molecule has 0 bridgehead atoms. The fourth-order valence-electron chi connectivity index (χ4n) is 3.40. The number of carbonyl (C=O) groups is 1. The zero-order valence-electron chi connectivity index (χ0n) is 14.7. The molecular weight excluding hydrogens is 324 g/mol. The Bertz CT molecular complexity index is 829. The van der Waals surface area contributed by atoms with E-state index < -0.39 is 5.97 Å². The highest BCUT2D eigenvalue weighted by molar-refractivity contribution is 7.18. The highest BCUT2D eigenvalue weighted by atomic mass is 32.1. The first-order valence-corrected chi connectivity index (χ1v) is 9.28. The summed E-state index contributed by atoms with van der Waals surface area (Å²) in [5.41, 5.74) is 1.29. The summed E-state index contributed by atoms with van der Waals surface area (Å²) in [5.74, 6) is 0.220. The normalized spacial score (nSPS) is 17.8. The Labute approximate surface area is 145 Å². The fraction of sp³-hybridized carbons (Fsp3) is 0.611. The summed E-state index contributed by atoms with van der Waals surface area (Å²) in [6.07, 6.45) is 4.48. The van der Waals surface area contributed by atoms with Crippen molar-refractivity contribution < 1.29 is 9.53 Å². The average molecular weight is 348 g/mol. The minimum atomic E-state index is -0.405. The molecule has 2 aromatic heterocycles. The third-order valence-electron chi connectivity index (χ3n) is 4.87. The van der Waals surface area contributed by atoms with E-state index in [1.165, 1.54) is 15.8 Å². The molecule has 3 rings (SSSR count). The Morgan fingerprint density at radius 2 is 2.21 bits per heavy atom. The topological polar surface area (TPSA) is 61.2 Å². The Morgan fingerprint density at radius 3 is 2.88 bits per heavy atom. The summed E-state index contributed by atoms with van der Waals surface area (Å²) >= 11 is 1.63. The molecule has 1 aliphatic rings. The molecule has 0 aromatic carbocycles. The van der Waals surface area contributed by atoms with Crippen molar-refractivity contribution in [3.05, 3.63) is 27.1 Å². The van der Waals surface area contributed by atoms with Gasteiger partial charge < -0.3 is 4.74 Å². The number of carbonyl (C=O) groups excluding carboxylic acids is 1. The monoisotopic (exact) mass is 348 g/mol. The first-order chi connectivity index (χ1) is 11.3. The van der Waals surface area contributed by atoms with Crippen LogP contribution in [0.4, 0.5) is 0 Å². The average Bonchev–Trinajstić information content (AvgIpc) is 2.87. The lowest BCUT2D eigenvalue weighted by Crippen LogP contribution is -2.28. The molecule has 0 spiro atoms. The highest BCUT2D eigenvalue weighted by Gasteiger charge is 2.31. The minimum Gasteiger partial charge on any atom is -0.465 e. The smallest absolute Gasteiger partial charge is 0.326 e. The van der Waals surface area contributed by atoms with Gasteiger partial charge in [0.15, 0.2) is 0 Å². The molecule has 2 aromatic rings. The number of esters is 1. The zero-order chi connectivity index (χ0) is 17.5. The number of fused-ring (bicyclic) bond motifs is 3. The molecule has 6 heteroatoms. The molecule has 0 radical (unpaired) electrons. The van der Waals surface area contributed by atoms with Gasteiger partial charge in [0.05, 0.1) is 18.3 Å². The number of aryl methyl sites for hydroxylation is 1. The summed E-state index contributed by atoms with van der Waals surface area (Å²) in [6.45, 7) is 8.82. The van der Waals surface area contributed by atoms with Gasteiger partial charge in [0, 0.05) is 4.88 Å². The first-order valence-electron chi connectivity index (χ1n) is 8.46. The van der Waals surface area contributed by atoms with E-state index in [1.54, 1.807) is 18.3 Å². The summed E-state index contributed by atoms with van der Waals surface area (Å²) in [7, 11) is 0. The molecule has 0 unspecified atom stereocenters. The van der Waals surface area contributed by atoms with Crippen molar-refractivity contribution >= 4 is 27.5 Å². The van der Waals surface area contributed by atoms with E-state index in [0.717, 1.165) is 29.7 Å². The Morgan fingerprint density at radius 1 is 1.46 bits per heavy atom. The number of nitrogens with zero attached hydrogens (tertiary/aromatic N) is 2. The van der Waals surface area contributed by atoms with Crippen LogP contribution < -0.4 is 5.56 Å². The van der Waals surface area contributed by atoms with Gasteiger partial charge in [-0.2, -0.15) is 0 Å². The maximum atomic E-state index is 12.8. The Kier molecular flexibility index (Phi) is 4.51. The van der Waals surface area contributed by atoms with Gasteiger partial charge in [-0.05, 0) is 43.1 Å². The SMILES string of the molecule is CCOC(=O)Cn1cnc2sc3c(c2c1=O)CC[C@H](C(C)(C)C)C3. The van der Waals surface area contributed by atoms with Gasteiger partial charge in [0.1, 0.15) is 11.4 Å². The summed E-state index contributed by atoms with van der Waals surface area (Å²) in [4.78, 5) is 31.0. The molecule has 0 amide bonds. The van der Waals surface area contributed by atoms with Crippen molar-refractivity contribution in [1.82, 2.24) is 9.55 Å². The second kappa shape index (κ2) is 6.31. The van der Waals surface area contributed by atoms with Gasteiger partial charge in [0.2, 0.25) is 0 Å². The maximum Gasteiger partial charge on any atom is 0.326 e. The molecule has 1 atom stereocenters. The number of thiophene rings is 1. The van der Waals surface area contributed by atoms with Crippen molar-refractivity contribution in [1.29, 1.82) is 0 Å². The van der Waals surface area contributed by atoms with E-state index in [0.29, 0.717) is 17.9 Å². The highest BCUT2D eigenvalue weighted by Crippen LogP contribution is 2.41. The van der Waals surface area contributed by atoms with Gasteiger partial charge in [-0.25, -0.2) is 4.98 Å². The number of ether oxygens (including phenoxy) is 1. The van der Waals surface area contributed by atoms with Crippen LogP contribution in [0.2, 0.25) is 0 Å². The van der Waals surface area contributed by atoms with Crippen LogP contribution in [0.3, 0.4) is 0 Å². The van der Waals surface area contributed by atoms with E-state index in [4.69, 9.17) is 4.74 Å². The van der Waals surface area contributed by atoms with Crippen molar-refractivity contribution in [2.75, 3.05) is 6.61 Å². The molecule has 0 fully saturated rings. The van der Waals surface area contributed by atoms with Crippen LogP contribution in [0.25, 0.3) is 10.2 Å². The second-order valence-electron chi connectivity index (χ2n) is 7.47.